The SMILES string of the molecule is c1ccc(-c2cn(-c3cc(-c4ccccn4)cc(-c4ccccn4)c3)nc2-c2ccccc2)cc1. The van der Waals surface area contributed by atoms with Crippen LogP contribution < -0.4 is 0 Å². The van der Waals surface area contributed by atoms with E-state index in [-0.39, 0.29) is 0 Å². The fourth-order valence-corrected chi connectivity index (χ4v) is 4.25. The molecule has 0 N–H and O–H groups in total. The van der Waals surface area contributed by atoms with Crippen molar-refractivity contribution in [3.63, 3.8) is 0 Å². The zero-order valence-electron chi connectivity index (χ0n) is 19.0. The number of hydrogen-bond acceptors (Lipinski definition) is 3. The summed E-state index contributed by atoms with van der Waals surface area (Å²) in [5.74, 6) is 0. The number of hydrogen-bond donors (Lipinski definition) is 0. The van der Waals surface area contributed by atoms with Gasteiger partial charge in [-0.1, -0.05) is 72.8 Å². The predicted molar refractivity (Wildman–Crippen MR) is 141 cm³/mol. The summed E-state index contributed by atoms with van der Waals surface area (Å²) in [6.07, 6.45) is 5.74. The minimum atomic E-state index is 0.908. The molecule has 6 rings (SSSR count). The summed E-state index contributed by atoms with van der Waals surface area (Å²) in [5, 5.41) is 5.07. The quantitative estimate of drug-likeness (QED) is 0.276. The number of nitrogens with zero attached hydrogens (tertiary/aromatic N) is 4. The molecule has 0 aliphatic carbocycles. The van der Waals surface area contributed by atoms with Crippen LogP contribution in [-0.2, 0) is 0 Å². The Labute approximate surface area is 204 Å². The van der Waals surface area contributed by atoms with Crippen molar-refractivity contribution >= 4 is 0 Å². The minimum absolute atomic E-state index is 0.908. The van der Waals surface area contributed by atoms with Gasteiger partial charge in [-0.05, 0) is 48.0 Å². The third-order valence-electron chi connectivity index (χ3n) is 5.95. The number of benzene rings is 3. The third-order valence-corrected chi connectivity index (χ3v) is 5.95. The fraction of sp³-hybridized carbons (Fsp3) is 0. The molecule has 6 aromatic rings. The zero-order chi connectivity index (χ0) is 23.5. The lowest BCUT2D eigenvalue weighted by Gasteiger charge is -2.10. The lowest BCUT2D eigenvalue weighted by Crippen LogP contribution is -1.97. The minimum Gasteiger partial charge on any atom is -0.256 e. The van der Waals surface area contributed by atoms with Gasteiger partial charge < -0.3 is 0 Å². The summed E-state index contributed by atoms with van der Waals surface area (Å²) < 4.78 is 1.96. The second kappa shape index (κ2) is 9.20. The first-order chi connectivity index (χ1) is 17.3. The van der Waals surface area contributed by atoms with Crippen LogP contribution >= 0.6 is 0 Å². The Morgan fingerprint density at radius 3 is 1.57 bits per heavy atom. The van der Waals surface area contributed by atoms with Crippen LogP contribution in [0.4, 0.5) is 0 Å². The molecule has 0 fully saturated rings. The van der Waals surface area contributed by atoms with Crippen LogP contribution in [0.15, 0.2) is 134 Å². The molecule has 0 aliphatic rings. The summed E-state index contributed by atoms with van der Waals surface area (Å²) in [6.45, 7) is 0. The average molecular weight is 451 g/mol. The summed E-state index contributed by atoms with van der Waals surface area (Å²) in [6, 6.07) is 39.0. The van der Waals surface area contributed by atoms with Crippen molar-refractivity contribution in [2.24, 2.45) is 0 Å². The van der Waals surface area contributed by atoms with E-state index in [4.69, 9.17) is 5.10 Å². The Bertz CT molecular complexity index is 1440. The van der Waals surface area contributed by atoms with E-state index in [2.05, 4.69) is 70.8 Å². The highest BCUT2D eigenvalue weighted by Gasteiger charge is 2.15. The monoisotopic (exact) mass is 450 g/mol. The summed E-state index contributed by atoms with van der Waals surface area (Å²) in [5.41, 5.74) is 9.03. The molecule has 3 heterocycles. The highest BCUT2D eigenvalue weighted by atomic mass is 15.3. The van der Waals surface area contributed by atoms with Crippen molar-refractivity contribution in [1.82, 2.24) is 19.7 Å². The Balaban J connectivity index is 1.56. The lowest BCUT2D eigenvalue weighted by molar-refractivity contribution is 0.885. The summed E-state index contributed by atoms with van der Waals surface area (Å²) >= 11 is 0. The number of pyridine rings is 2. The van der Waals surface area contributed by atoms with Gasteiger partial charge in [0, 0.05) is 40.8 Å². The van der Waals surface area contributed by atoms with Crippen LogP contribution in [0.1, 0.15) is 0 Å². The first-order valence-corrected chi connectivity index (χ1v) is 11.5. The first-order valence-electron chi connectivity index (χ1n) is 11.5. The predicted octanol–water partition coefficient (Wildman–Crippen LogP) is 7.33. The molecule has 0 aliphatic heterocycles. The molecular formula is C31H22N4. The van der Waals surface area contributed by atoms with Gasteiger partial charge in [-0.25, -0.2) is 4.68 Å². The van der Waals surface area contributed by atoms with E-state index in [9.17, 15) is 0 Å². The molecule has 35 heavy (non-hydrogen) atoms. The van der Waals surface area contributed by atoms with Gasteiger partial charge in [0.25, 0.3) is 0 Å². The molecular weight excluding hydrogens is 428 g/mol. The van der Waals surface area contributed by atoms with Crippen molar-refractivity contribution in [2.75, 3.05) is 0 Å². The van der Waals surface area contributed by atoms with Gasteiger partial charge in [-0.2, -0.15) is 5.10 Å². The van der Waals surface area contributed by atoms with Crippen LogP contribution in [0, 0.1) is 0 Å². The summed E-state index contributed by atoms with van der Waals surface area (Å²) in [7, 11) is 0. The zero-order valence-corrected chi connectivity index (χ0v) is 19.0. The topological polar surface area (TPSA) is 43.6 Å². The van der Waals surface area contributed by atoms with Crippen LogP contribution in [0.5, 0.6) is 0 Å². The van der Waals surface area contributed by atoms with E-state index in [0.29, 0.717) is 0 Å². The Kier molecular flexibility index (Phi) is 5.45. The van der Waals surface area contributed by atoms with Crippen molar-refractivity contribution in [1.29, 1.82) is 0 Å². The van der Waals surface area contributed by atoms with Gasteiger partial charge in [-0.15, -0.1) is 0 Å². The second-order valence-electron chi connectivity index (χ2n) is 8.27. The van der Waals surface area contributed by atoms with E-state index in [1.807, 2.05) is 77.7 Å². The smallest absolute Gasteiger partial charge is 0.101 e. The van der Waals surface area contributed by atoms with Gasteiger partial charge >= 0.3 is 0 Å². The van der Waals surface area contributed by atoms with Crippen LogP contribution in [0.25, 0.3) is 50.6 Å². The van der Waals surface area contributed by atoms with Gasteiger partial charge in [0.15, 0.2) is 0 Å². The van der Waals surface area contributed by atoms with Gasteiger partial charge in [0.1, 0.15) is 5.69 Å². The fourth-order valence-electron chi connectivity index (χ4n) is 4.25. The van der Waals surface area contributed by atoms with Crippen molar-refractivity contribution in [3.8, 4) is 50.6 Å². The number of aromatic nitrogens is 4. The highest BCUT2D eigenvalue weighted by Crippen LogP contribution is 2.34. The van der Waals surface area contributed by atoms with Crippen molar-refractivity contribution < 1.29 is 0 Å². The Hall–Kier alpha value is -4.83. The molecule has 166 valence electrons. The molecule has 0 spiro atoms. The molecule has 0 saturated heterocycles. The standard InChI is InChI=1S/C31H22N4/c1-3-11-23(12-4-1)28-22-35(34-31(28)24-13-5-2-6-14-24)27-20-25(29-15-7-9-17-32-29)19-26(21-27)30-16-8-10-18-33-30/h1-22H. The van der Waals surface area contributed by atoms with Crippen molar-refractivity contribution in [3.05, 3.63) is 134 Å². The molecule has 0 bridgehead atoms. The first kappa shape index (κ1) is 20.8. The average Bonchev–Trinajstić information content (AvgIpc) is 3.41. The normalized spacial score (nSPS) is 10.9. The molecule has 4 nitrogen and oxygen atoms in total. The number of rotatable bonds is 5. The Morgan fingerprint density at radius 2 is 1.03 bits per heavy atom. The van der Waals surface area contributed by atoms with Crippen LogP contribution in [-0.4, -0.2) is 19.7 Å². The van der Waals surface area contributed by atoms with Gasteiger partial charge in [0.2, 0.25) is 0 Å². The van der Waals surface area contributed by atoms with Crippen molar-refractivity contribution in [2.45, 2.75) is 0 Å². The van der Waals surface area contributed by atoms with E-state index < -0.39 is 0 Å². The maximum absolute atomic E-state index is 5.07. The molecule has 3 aromatic carbocycles. The van der Waals surface area contributed by atoms with Gasteiger partial charge in [0.05, 0.1) is 17.1 Å². The van der Waals surface area contributed by atoms with Crippen LogP contribution in [0.3, 0.4) is 0 Å². The largest absolute Gasteiger partial charge is 0.256 e. The molecule has 0 radical (unpaired) electrons. The second-order valence-corrected chi connectivity index (χ2v) is 8.27. The third kappa shape index (κ3) is 4.25. The van der Waals surface area contributed by atoms with Crippen LogP contribution in [0.2, 0.25) is 0 Å². The molecule has 0 unspecified atom stereocenters. The van der Waals surface area contributed by atoms with E-state index in [1.54, 1.807) is 0 Å². The molecule has 0 amide bonds. The Morgan fingerprint density at radius 1 is 0.486 bits per heavy atom. The van der Waals surface area contributed by atoms with Gasteiger partial charge in [-0.3, -0.25) is 9.97 Å². The highest BCUT2D eigenvalue weighted by molar-refractivity contribution is 5.81. The van der Waals surface area contributed by atoms with E-state index in [0.717, 1.165) is 50.6 Å². The molecule has 4 heteroatoms. The van der Waals surface area contributed by atoms with E-state index >= 15 is 0 Å². The molecule has 0 saturated carbocycles. The summed E-state index contributed by atoms with van der Waals surface area (Å²) in [4.78, 5) is 9.17. The maximum atomic E-state index is 5.07. The molecule has 0 atom stereocenters. The maximum Gasteiger partial charge on any atom is 0.101 e. The lowest BCUT2D eigenvalue weighted by atomic mass is 10.0. The van der Waals surface area contributed by atoms with E-state index in [1.165, 1.54) is 0 Å². The molecule has 3 aromatic heterocycles.